The molecule has 35 heavy (non-hydrogen) atoms. The molecule has 0 radical (unpaired) electrons. The van der Waals surface area contributed by atoms with Gasteiger partial charge in [-0.15, -0.1) is 0 Å². The normalized spacial score (nSPS) is 11.0. The van der Waals surface area contributed by atoms with Crippen molar-refractivity contribution in [2.45, 2.75) is 30.2 Å². The molecular formula is C27H24ClFN2O3S. The van der Waals surface area contributed by atoms with Gasteiger partial charge in [-0.05, 0) is 56.3 Å². The Hall–Kier alpha value is -3.29. The Labute approximate surface area is 212 Å². The van der Waals surface area contributed by atoms with Crippen LogP contribution >= 0.6 is 23.4 Å². The number of halogens is 2. The van der Waals surface area contributed by atoms with Gasteiger partial charge in [0.2, 0.25) is 5.91 Å². The number of anilines is 1. The highest BCUT2D eigenvalue weighted by molar-refractivity contribution is 7.99. The van der Waals surface area contributed by atoms with Crippen LogP contribution in [0.25, 0.3) is 10.9 Å². The zero-order chi connectivity index (χ0) is 25.1. The van der Waals surface area contributed by atoms with E-state index in [2.05, 4.69) is 0 Å². The number of carbonyl (C=O) groups excluding carboxylic acids is 2. The van der Waals surface area contributed by atoms with E-state index < -0.39 is 11.8 Å². The maximum absolute atomic E-state index is 15.3. The largest absolute Gasteiger partial charge is 0.462 e. The third kappa shape index (κ3) is 5.06. The van der Waals surface area contributed by atoms with Gasteiger partial charge >= 0.3 is 5.97 Å². The van der Waals surface area contributed by atoms with Gasteiger partial charge in [0.15, 0.2) is 5.82 Å². The molecule has 0 N–H and O–H groups in total. The molecule has 0 fully saturated rings. The summed E-state index contributed by atoms with van der Waals surface area (Å²) in [6, 6.07) is 19.6. The Bertz CT molecular complexity index is 1400. The first kappa shape index (κ1) is 24.8. The summed E-state index contributed by atoms with van der Waals surface area (Å²) in [5, 5.41) is 0.632. The number of aromatic nitrogens is 1. The number of ether oxygens (including phenoxy) is 1. The molecule has 0 unspecified atom stereocenters. The van der Waals surface area contributed by atoms with Crippen molar-refractivity contribution in [1.29, 1.82) is 0 Å². The molecule has 0 bridgehead atoms. The Balaban J connectivity index is 1.74. The third-order valence-electron chi connectivity index (χ3n) is 5.69. The highest BCUT2D eigenvalue weighted by atomic mass is 35.5. The minimum atomic E-state index is -0.574. The minimum Gasteiger partial charge on any atom is -0.462 e. The van der Waals surface area contributed by atoms with Crippen LogP contribution in [0.3, 0.4) is 0 Å². The summed E-state index contributed by atoms with van der Waals surface area (Å²) in [7, 11) is 1.69. The van der Waals surface area contributed by atoms with Crippen LogP contribution in [0, 0.1) is 12.7 Å². The molecule has 0 saturated carbocycles. The first-order valence-corrected chi connectivity index (χ1v) is 12.2. The van der Waals surface area contributed by atoms with Crippen LogP contribution in [0.1, 0.15) is 23.0 Å². The van der Waals surface area contributed by atoms with Crippen molar-refractivity contribution in [3.8, 4) is 0 Å². The molecule has 8 heteroatoms. The number of para-hydroxylation sites is 1. The summed E-state index contributed by atoms with van der Waals surface area (Å²) >= 11 is 7.52. The Morgan fingerprint density at radius 1 is 1.09 bits per heavy atom. The van der Waals surface area contributed by atoms with Gasteiger partial charge in [-0.1, -0.05) is 47.6 Å². The monoisotopic (exact) mass is 510 g/mol. The van der Waals surface area contributed by atoms with Crippen molar-refractivity contribution in [3.05, 3.63) is 88.8 Å². The molecule has 4 aromatic rings. The number of carbonyl (C=O) groups is 2. The van der Waals surface area contributed by atoms with Crippen LogP contribution in [0.2, 0.25) is 5.02 Å². The van der Waals surface area contributed by atoms with E-state index >= 15 is 4.39 Å². The van der Waals surface area contributed by atoms with Crippen molar-refractivity contribution in [2.75, 3.05) is 18.6 Å². The molecule has 0 atom stereocenters. The number of fused-ring (bicyclic) bond motifs is 1. The Morgan fingerprint density at radius 2 is 1.83 bits per heavy atom. The van der Waals surface area contributed by atoms with Gasteiger partial charge in [0.1, 0.15) is 6.54 Å². The van der Waals surface area contributed by atoms with Gasteiger partial charge in [0.05, 0.1) is 22.7 Å². The second-order valence-corrected chi connectivity index (χ2v) is 9.39. The van der Waals surface area contributed by atoms with Crippen LogP contribution in [-0.4, -0.2) is 30.1 Å². The number of esters is 1. The predicted molar refractivity (Wildman–Crippen MR) is 138 cm³/mol. The first-order chi connectivity index (χ1) is 16.8. The third-order valence-corrected chi connectivity index (χ3v) is 7.19. The van der Waals surface area contributed by atoms with Crippen LogP contribution in [0.4, 0.5) is 10.1 Å². The maximum atomic E-state index is 15.3. The number of rotatable bonds is 7. The molecule has 1 aromatic heterocycles. The number of amides is 1. The van der Waals surface area contributed by atoms with Crippen LogP contribution in [0.5, 0.6) is 0 Å². The summed E-state index contributed by atoms with van der Waals surface area (Å²) in [6.45, 7) is 3.83. The fourth-order valence-corrected chi connectivity index (χ4v) is 5.11. The van der Waals surface area contributed by atoms with Crippen molar-refractivity contribution in [3.63, 3.8) is 0 Å². The summed E-state index contributed by atoms with van der Waals surface area (Å²) in [6.07, 6.45) is 0. The molecule has 3 aromatic carbocycles. The highest BCUT2D eigenvalue weighted by Crippen LogP contribution is 2.40. The second kappa shape index (κ2) is 10.5. The molecule has 180 valence electrons. The number of likely N-dealkylation sites (N-methyl/N-ethyl adjacent to an activating group) is 1. The van der Waals surface area contributed by atoms with E-state index in [4.69, 9.17) is 16.3 Å². The standard InChI is InChI=1S/C27H24ClFN2O3S/c1-4-34-27(33)18-9-8-12-20(15-18)35-26-17(2)31(25-21(26)13-14-22(28)24(25)29)16-23(32)30(3)19-10-6-5-7-11-19/h5-15H,4,16H2,1-3H3. The van der Waals surface area contributed by atoms with E-state index in [9.17, 15) is 9.59 Å². The highest BCUT2D eigenvalue weighted by Gasteiger charge is 2.23. The van der Waals surface area contributed by atoms with Crippen molar-refractivity contribution in [2.24, 2.45) is 0 Å². The van der Waals surface area contributed by atoms with Crippen molar-refractivity contribution in [1.82, 2.24) is 4.57 Å². The summed E-state index contributed by atoms with van der Waals surface area (Å²) in [5.41, 5.74) is 2.18. The average molecular weight is 511 g/mol. The van der Waals surface area contributed by atoms with E-state index in [1.54, 1.807) is 47.7 Å². The Morgan fingerprint density at radius 3 is 2.54 bits per heavy atom. The van der Waals surface area contributed by atoms with Crippen LogP contribution in [0.15, 0.2) is 76.5 Å². The topological polar surface area (TPSA) is 51.5 Å². The molecule has 0 aliphatic rings. The predicted octanol–water partition coefficient (Wildman–Crippen LogP) is 6.73. The number of hydrogen-bond acceptors (Lipinski definition) is 4. The van der Waals surface area contributed by atoms with Crippen LogP contribution < -0.4 is 4.90 Å². The van der Waals surface area contributed by atoms with E-state index in [1.165, 1.54) is 17.8 Å². The molecule has 5 nitrogen and oxygen atoms in total. The molecular weight excluding hydrogens is 487 g/mol. The zero-order valence-corrected chi connectivity index (χ0v) is 21.1. The van der Waals surface area contributed by atoms with Gasteiger partial charge < -0.3 is 14.2 Å². The molecule has 0 aliphatic heterocycles. The number of benzene rings is 3. The lowest BCUT2D eigenvalue weighted by atomic mass is 10.2. The van der Waals surface area contributed by atoms with Gasteiger partial charge in [-0.2, -0.15) is 0 Å². The van der Waals surface area contributed by atoms with E-state index in [0.717, 1.165) is 21.2 Å². The number of hydrogen-bond donors (Lipinski definition) is 0. The molecule has 0 spiro atoms. The van der Waals surface area contributed by atoms with Crippen molar-refractivity contribution < 1.29 is 18.7 Å². The molecule has 1 amide bonds. The van der Waals surface area contributed by atoms with Gasteiger partial charge in [0, 0.05) is 33.6 Å². The first-order valence-electron chi connectivity index (χ1n) is 11.0. The summed E-state index contributed by atoms with van der Waals surface area (Å²) in [4.78, 5) is 28.4. The van der Waals surface area contributed by atoms with Gasteiger partial charge in [0.25, 0.3) is 0 Å². The lowest BCUT2D eigenvalue weighted by Gasteiger charge is -2.19. The Kier molecular flexibility index (Phi) is 7.48. The van der Waals surface area contributed by atoms with E-state index in [0.29, 0.717) is 10.9 Å². The number of nitrogens with zero attached hydrogens (tertiary/aromatic N) is 2. The second-order valence-electron chi connectivity index (χ2n) is 7.90. The molecule has 4 rings (SSSR count). The molecule has 0 saturated heterocycles. The minimum absolute atomic E-state index is 0.0130. The lowest BCUT2D eigenvalue weighted by Crippen LogP contribution is -2.30. The fraction of sp³-hybridized carbons (Fsp3) is 0.185. The van der Waals surface area contributed by atoms with Gasteiger partial charge in [-0.3, -0.25) is 4.79 Å². The zero-order valence-electron chi connectivity index (χ0n) is 19.5. The summed E-state index contributed by atoms with van der Waals surface area (Å²) < 4.78 is 22.0. The van der Waals surface area contributed by atoms with E-state index in [-0.39, 0.29) is 29.6 Å². The summed E-state index contributed by atoms with van der Waals surface area (Å²) in [5.74, 6) is -1.17. The van der Waals surface area contributed by atoms with Gasteiger partial charge in [-0.25, -0.2) is 9.18 Å². The molecule has 1 heterocycles. The fourth-order valence-electron chi connectivity index (χ4n) is 3.85. The van der Waals surface area contributed by atoms with Crippen LogP contribution in [-0.2, 0) is 16.1 Å². The molecule has 0 aliphatic carbocycles. The smallest absolute Gasteiger partial charge is 0.338 e. The SMILES string of the molecule is CCOC(=O)c1cccc(Sc2c(C)n(CC(=O)N(C)c3ccccc3)c3c(F)c(Cl)ccc23)c1. The maximum Gasteiger partial charge on any atom is 0.338 e. The quantitative estimate of drug-likeness (QED) is 0.258. The average Bonchev–Trinajstić information content (AvgIpc) is 3.12. The van der Waals surface area contributed by atoms with Crippen molar-refractivity contribution >= 4 is 51.8 Å². The van der Waals surface area contributed by atoms with E-state index in [1.807, 2.05) is 43.3 Å². The lowest BCUT2D eigenvalue weighted by molar-refractivity contribution is -0.118.